The van der Waals surface area contributed by atoms with E-state index in [1.165, 1.54) is 88.8 Å². The molecule has 0 unspecified atom stereocenters. The lowest BCUT2D eigenvalue weighted by Gasteiger charge is -2.35. The number of hydrogen-bond donors (Lipinski definition) is 0. The normalized spacial score (nSPS) is 13.7. The lowest BCUT2D eigenvalue weighted by molar-refractivity contribution is 0.764. The van der Waals surface area contributed by atoms with Gasteiger partial charge in [0, 0.05) is 52.7 Å². The maximum absolute atomic E-state index is 2.50. The van der Waals surface area contributed by atoms with Crippen LogP contribution in [-0.4, -0.2) is 4.57 Å². The molecule has 0 amide bonds. The number of para-hydroxylation sites is 4. The van der Waals surface area contributed by atoms with Gasteiger partial charge in [-0.25, -0.2) is 0 Å². The zero-order valence-electron chi connectivity index (χ0n) is 30.0. The van der Waals surface area contributed by atoms with Crippen LogP contribution < -0.4 is 4.90 Å². The maximum Gasteiger partial charge on any atom is 0.0713 e. The minimum absolute atomic E-state index is 0.443. The van der Waals surface area contributed by atoms with Gasteiger partial charge in [-0.2, -0.15) is 0 Å². The van der Waals surface area contributed by atoms with E-state index in [0.29, 0.717) is 0 Å². The Kier molecular flexibility index (Phi) is 7.00. The SMILES string of the molecule is c1ccc2c(c1)Cc1ccccc1N2Cc1ccc(C2(c3ccc(Cn4c5ccccc5c5ccccc54)cc3)c3ccccc3-c3ccccc32)cc1. The molecular formula is C52H38N2. The van der Waals surface area contributed by atoms with Crippen LogP contribution in [0.2, 0.25) is 0 Å². The molecule has 2 heterocycles. The Morgan fingerprint density at radius 2 is 0.815 bits per heavy atom. The van der Waals surface area contributed by atoms with Crippen molar-refractivity contribution in [1.82, 2.24) is 4.57 Å². The average molecular weight is 691 g/mol. The monoisotopic (exact) mass is 690 g/mol. The Bertz CT molecular complexity index is 2710. The van der Waals surface area contributed by atoms with Gasteiger partial charge in [-0.15, -0.1) is 0 Å². The largest absolute Gasteiger partial charge is 0.337 e. The zero-order valence-corrected chi connectivity index (χ0v) is 30.0. The van der Waals surface area contributed by atoms with Gasteiger partial charge < -0.3 is 9.47 Å². The van der Waals surface area contributed by atoms with Gasteiger partial charge >= 0.3 is 0 Å². The third-order valence-corrected chi connectivity index (χ3v) is 12.0. The first kappa shape index (κ1) is 30.9. The topological polar surface area (TPSA) is 8.17 Å². The van der Waals surface area contributed by atoms with Crippen molar-refractivity contribution < 1.29 is 0 Å². The van der Waals surface area contributed by atoms with E-state index in [1.54, 1.807) is 0 Å². The molecule has 0 atom stereocenters. The zero-order chi connectivity index (χ0) is 35.6. The molecule has 54 heavy (non-hydrogen) atoms. The summed E-state index contributed by atoms with van der Waals surface area (Å²) in [7, 11) is 0. The first-order chi connectivity index (χ1) is 26.8. The van der Waals surface area contributed by atoms with Crippen LogP contribution in [0.4, 0.5) is 11.4 Å². The third-order valence-electron chi connectivity index (χ3n) is 12.0. The average Bonchev–Trinajstić information content (AvgIpc) is 3.72. The van der Waals surface area contributed by atoms with E-state index in [4.69, 9.17) is 0 Å². The number of anilines is 2. The first-order valence-corrected chi connectivity index (χ1v) is 19.0. The number of fused-ring (bicyclic) bond motifs is 8. The molecule has 2 heteroatoms. The Morgan fingerprint density at radius 1 is 0.389 bits per heavy atom. The van der Waals surface area contributed by atoms with Gasteiger partial charge in [0.2, 0.25) is 0 Å². The third kappa shape index (κ3) is 4.60. The van der Waals surface area contributed by atoms with E-state index in [2.05, 4.69) is 204 Å². The summed E-state index contributed by atoms with van der Waals surface area (Å²) in [6.07, 6.45) is 0.973. The lowest BCUT2D eigenvalue weighted by atomic mass is 9.67. The fourth-order valence-electron chi connectivity index (χ4n) is 9.64. The highest BCUT2D eigenvalue weighted by molar-refractivity contribution is 6.08. The molecule has 256 valence electrons. The van der Waals surface area contributed by atoms with Crippen LogP contribution in [0.15, 0.2) is 194 Å². The van der Waals surface area contributed by atoms with Gasteiger partial charge in [0.15, 0.2) is 0 Å². The maximum atomic E-state index is 2.50. The van der Waals surface area contributed by atoms with Crippen LogP contribution in [-0.2, 0) is 24.9 Å². The van der Waals surface area contributed by atoms with Crippen molar-refractivity contribution in [2.75, 3.05) is 4.90 Å². The summed E-state index contributed by atoms with van der Waals surface area (Å²) in [6.45, 7) is 1.62. The summed E-state index contributed by atoms with van der Waals surface area (Å²) in [4.78, 5) is 2.50. The van der Waals surface area contributed by atoms with Crippen LogP contribution in [0, 0.1) is 0 Å². The summed E-state index contributed by atoms with van der Waals surface area (Å²) < 4.78 is 2.47. The molecular weight excluding hydrogens is 653 g/mol. The first-order valence-electron chi connectivity index (χ1n) is 19.0. The van der Waals surface area contributed by atoms with E-state index >= 15 is 0 Å². The Morgan fingerprint density at radius 3 is 1.35 bits per heavy atom. The van der Waals surface area contributed by atoms with Crippen LogP contribution >= 0.6 is 0 Å². The molecule has 0 N–H and O–H groups in total. The number of nitrogens with zero attached hydrogens (tertiary/aromatic N) is 2. The van der Waals surface area contributed by atoms with Crippen LogP contribution in [0.1, 0.15) is 44.5 Å². The number of rotatable bonds is 6. The highest BCUT2D eigenvalue weighted by Gasteiger charge is 2.45. The van der Waals surface area contributed by atoms with E-state index in [0.717, 1.165) is 19.5 Å². The van der Waals surface area contributed by atoms with Crippen LogP contribution in [0.25, 0.3) is 32.9 Å². The lowest BCUT2D eigenvalue weighted by Crippen LogP contribution is -2.28. The summed E-state index contributed by atoms with van der Waals surface area (Å²) in [5.74, 6) is 0. The molecule has 9 aromatic rings. The molecule has 0 saturated heterocycles. The summed E-state index contributed by atoms with van der Waals surface area (Å²) in [6, 6.07) is 72.3. The molecule has 11 rings (SSSR count). The predicted octanol–water partition coefficient (Wildman–Crippen LogP) is 12.4. The summed E-state index contributed by atoms with van der Waals surface area (Å²) >= 11 is 0. The van der Waals surface area contributed by atoms with E-state index < -0.39 is 5.41 Å². The molecule has 2 aliphatic rings. The van der Waals surface area contributed by atoms with Gasteiger partial charge in [-0.05, 0) is 79.9 Å². The molecule has 0 saturated carbocycles. The summed E-state index contributed by atoms with van der Waals surface area (Å²) in [5, 5.41) is 2.61. The molecule has 1 aliphatic carbocycles. The van der Waals surface area contributed by atoms with Crippen molar-refractivity contribution in [3.63, 3.8) is 0 Å². The van der Waals surface area contributed by atoms with Crippen molar-refractivity contribution in [1.29, 1.82) is 0 Å². The fraction of sp³-hybridized carbons (Fsp3) is 0.0769. The van der Waals surface area contributed by atoms with Crippen molar-refractivity contribution in [3.05, 3.63) is 239 Å². The molecule has 0 spiro atoms. The van der Waals surface area contributed by atoms with Crippen molar-refractivity contribution in [2.24, 2.45) is 0 Å². The van der Waals surface area contributed by atoms with Crippen molar-refractivity contribution in [2.45, 2.75) is 24.9 Å². The molecule has 2 nitrogen and oxygen atoms in total. The van der Waals surface area contributed by atoms with Gasteiger partial charge in [0.25, 0.3) is 0 Å². The second kappa shape index (κ2) is 12.2. The number of benzene rings is 8. The fourth-order valence-corrected chi connectivity index (χ4v) is 9.64. The highest BCUT2D eigenvalue weighted by Crippen LogP contribution is 2.56. The van der Waals surface area contributed by atoms with E-state index in [1.807, 2.05) is 0 Å². The Labute approximate surface area is 316 Å². The molecule has 8 aromatic carbocycles. The second-order valence-electron chi connectivity index (χ2n) is 14.9. The Balaban J connectivity index is 1.01. The van der Waals surface area contributed by atoms with Gasteiger partial charge in [0.1, 0.15) is 0 Å². The summed E-state index contributed by atoms with van der Waals surface area (Å²) in [5.41, 5.74) is 17.9. The molecule has 0 bridgehead atoms. The van der Waals surface area contributed by atoms with Crippen molar-refractivity contribution >= 4 is 33.2 Å². The number of hydrogen-bond acceptors (Lipinski definition) is 1. The van der Waals surface area contributed by atoms with Gasteiger partial charge in [0.05, 0.1) is 5.41 Å². The minimum atomic E-state index is -0.443. The minimum Gasteiger partial charge on any atom is -0.337 e. The molecule has 0 fully saturated rings. The standard InChI is InChI=1S/C52H38N2/c1-9-21-48-38(13-1)33-39-14-2-10-22-49(39)53(48)34-36-25-29-40(30-26-36)52(46-19-7-3-15-42(46)43-16-4-8-20-47(43)52)41-31-27-37(28-32-41)35-54-50-23-11-5-17-44(50)45-18-6-12-24-51(45)54/h1-32H,33-35H2. The van der Waals surface area contributed by atoms with Crippen molar-refractivity contribution in [3.8, 4) is 11.1 Å². The van der Waals surface area contributed by atoms with Gasteiger partial charge in [-0.1, -0.05) is 170 Å². The quantitative estimate of drug-likeness (QED) is 0.169. The molecule has 0 radical (unpaired) electrons. The highest BCUT2D eigenvalue weighted by atomic mass is 15.1. The second-order valence-corrected chi connectivity index (χ2v) is 14.9. The smallest absolute Gasteiger partial charge is 0.0713 e. The van der Waals surface area contributed by atoms with E-state index in [9.17, 15) is 0 Å². The molecule has 1 aliphatic heterocycles. The van der Waals surface area contributed by atoms with Crippen LogP contribution in [0.3, 0.4) is 0 Å². The molecule has 1 aromatic heterocycles. The van der Waals surface area contributed by atoms with Crippen LogP contribution in [0.5, 0.6) is 0 Å². The Hall–Kier alpha value is -6.64. The van der Waals surface area contributed by atoms with Gasteiger partial charge in [-0.3, -0.25) is 0 Å². The van der Waals surface area contributed by atoms with E-state index in [-0.39, 0.29) is 0 Å². The predicted molar refractivity (Wildman–Crippen MR) is 224 cm³/mol. The number of aromatic nitrogens is 1.